The summed E-state index contributed by atoms with van der Waals surface area (Å²) in [6.45, 7) is 6.50. The van der Waals surface area contributed by atoms with E-state index in [9.17, 15) is 0 Å². The second-order valence-electron chi connectivity index (χ2n) is 7.77. The van der Waals surface area contributed by atoms with Gasteiger partial charge in [-0.1, -0.05) is 36.4 Å². The molecule has 2 aliphatic heterocycles. The molecule has 31 heavy (non-hydrogen) atoms. The van der Waals surface area contributed by atoms with Crippen LogP contribution in [0.25, 0.3) is 0 Å². The first-order chi connectivity index (χ1) is 15.3. The third-order valence-electron chi connectivity index (χ3n) is 5.62. The van der Waals surface area contributed by atoms with E-state index >= 15 is 0 Å². The van der Waals surface area contributed by atoms with Crippen LogP contribution in [0.15, 0.2) is 53.5 Å². The summed E-state index contributed by atoms with van der Waals surface area (Å²) in [6, 6.07) is 16.4. The van der Waals surface area contributed by atoms with Gasteiger partial charge in [0.25, 0.3) is 0 Å². The Morgan fingerprint density at radius 2 is 1.90 bits per heavy atom. The summed E-state index contributed by atoms with van der Waals surface area (Å²) in [5, 5.41) is 6.76. The highest BCUT2D eigenvalue weighted by atomic mass is 16.5. The van der Waals surface area contributed by atoms with Crippen molar-refractivity contribution in [2.45, 2.75) is 19.1 Å². The molecule has 2 heterocycles. The number of nitrogens with zero attached hydrogens (tertiary/aromatic N) is 2. The molecule has 0 bridgehead atoms. The zero-order valence-electron chi connectivity index (χ0n) is 18.2. The molecule has 2 aromatic carbocycles. The normalized spacial score (nSPS) is 18.9. The largest absolute Gasteiger partial charge is 0.492 e. The quantitative estimate of drug-likeness (QED) is 0.500. The lowest BCUT2D eigenvalue weighted by molar-refractivity contribution is 0.0322. The molecule has 2 aromatic rings. The van der Waals surface area contributed by atoms with Gasteiger partial charge in [-0.25, -0.2) is 0 Å². The number of benzene rings is 2. The van der Waals surface area contributed by atoms with Crippen LogP contribution in [0.4, 0.5) is 0 Å². The Balaban J connectivity index is 1.22. The molecule has 4 rings (SSSR count). The molecule has 0 radical (unpaired) electrons. The molecule has 2 aliphatic rings. The number of hydrogen-bond acceptors (Lipinski definition) is 5. The molecule has 166 valence electrons. The van der Waals surface area contributed by atoms with Crippen molar-refractivity contribution in [3.05, 3.63) is 59.7 Å². The fourth-order valence-corrected chi connectivity index (χ4v) is 3.88. The second-order valence-corrected chi connectivity index (χ2v) is 7.77. The Labute approximate surface area is 184 Å². The van der Waals surface area contributed by atoms with E-state index in [-0.39, 0.29) is 6.10 Å². The van der Waals surface area contributed by atoms with Gasteiger partial charge in [-0.3, -0.25) is 9.89 Å². The fraction of sp³-hybridized carbons (Fsp3) is 0.458. The van der Waals surface area contributed by atoms with Gasteiger partial charge in [0.05, 0.1) is 19.8 Å². The van der Waals surface area contributed by atoms with Gasteiger partial charge in [0.1, 0.15) is 24.2 Å². The Morgan fingerprint density at radius 3 is 2.74 bits per heavy atom. The number of ether oxygens (including phenoxy) is 3. The average Bonchev–Trinajstić information content (AvgIpc) is 3.24. The van der Waals surface area contributed by atoms with Crippen molar-refractivity contribution in [3.8, 4) is 11.5 Å². The highest BCUT2D eigenvalue weighted by Crippen LogP contribution is 2.27. The van der Waals surface area contributed by atoms with Crippen molar-refractivity contribution >= 4 is 5.96 Å². The summed E-state index contributed by atoms with van der Waals surface area (Å²) in [5.74, 6) is 2.65. The van der Waals surface area contributed by atoms with Gasteiger partial charge in [0.2, 0.25) is 0 Å². The molecule has 0 saturated carbocycles. The van der Waals surface area contributed by atoms with Gasteiger partial charge in [-0.15, -0.1) is 0 Å². The summed E-state index contributed by atoms with van der Waals surface area (Å²) in [6.07, 6.45) is 1.03. The zero-order chi connectivity index (χ0) is 21.3. The standard InChI is InChI=1S/C24H32N4O3/c1-25-24(27-18-21-16-19-6-2-5-9-23(19)31-21)26-17-20-7-3-4-8-22(20)30-15-12-28-10-13-29-14-11-28/h2-9,21H,10-18H2,1H3,(H2,25,26,27). The molecule has 1 saturated heterocycles. The number of guanidine groups is 1. The maximum Gasteiger partial charge on any atom is 0.191 e. The molecular weight excluding hydrogens is 392 g/mol. The number of hydrogen-bond donors (Lipinski definition) is 2. The molecule has 0 aliphatic carbocycles. The van der Waals surface area contributed by atoms with Crippen LogP contribution in [0.1, 0.15) is 11.1 Å². The van der Waals surface area contributed by atoms with Crippen LogP contribution < -0.4 is 20.1 Å². The average molecular weight is 425 g/mol. The Morgan fingerprint density at radius 1 is 1.10 bits per heavy atom. The van der Waals surface area contributed by atoms with E-state index in [2.05, 4.69) is 38.7 Å². The van der Waals surface area contributed by atoms with Crippen molar-refractivity contribution < 1.29 is 14.2 Å². The number of nitrogens with one attached hydrogen (secondary N) is 2. The van der Waals surface area contributed by atoms with E-state index in [1.54, 1.807) is 7.05 Å². The van der Waals surface area contributed by atoms with Gasteiger partial charge >= 0.3 is 0 Å². The first kappa shape index (κ1) is 21.5. The predicted octanol–water partition coefficient (Wildman–Crippen LogP) is 2.07. The first-order valence-electron chi connectivity index (χ1n) is 11.0. The molecule has 1 unspecified atom stereocenters. The van der Waals surface area contributed by atoms with E-state index in [1.807, 2.05) is 30.3 Å². The monoisotopic (exact) mass is 424 g/mol. The molecule has 7 nitrogen and oxygen atoms in total. The van der Waals surface area contributed by atoms with E-state index in [0.29, 0.717) is 19.7 Å². The Hall–Kier alpha value is -2.77. The number of morpholine rings is 1. The lowest BCUT2D eigenvalue weighted by Gasteiger charge is -2.26. The van der Waals surface area contributed by atoms with Gasteiger partial charge in [0, 0.05) is 45.2 Å². The molecular formula is C24H32N4O3. The van der Waals surface area contributed by atoms with E-state index < -0.39 is 0 Å². The maximum atomic E-state index is 6.08. The van der Waals surface area contributed by atoms with Crippen LogP contribution in [0.5, 0.6) is 11.5 Å². The number of para-hydroxylation sites is 2. The topological polar surface area (TPSA) is 67.4 Å². The zero-order valence-corrected chi connectivity index (χ0v) is 18.2. The summed E-state index contributed by atoms with van der Waals surface area (Å²) >= 11 is 0. The maximum absolute atomic E-state index is 6.08. The number of aliphatic imine (C=N–C) groups is 1. The second kappa shape index (κ2) is 11.0. The van der Waals surface area contributed by atoms with E-state index in [4.69, 9.17) is 14.2 Å². The van der Waals surface area contributed by atoms with Gasteiger partial charge in [-0.05, 0) is 17.7 Å². The summed E-state index contributed by atoms with van der Waals surface area (Å²) in [7, 11) is 1.78. The summed E-state index contributed by atoms with van der Waals surface area (Å²) in [5.41, 5.74) is 2.37. The summed E-state index contributed by atoms with van der Waals surface area (Å²) < 4.78 is 17.5. The van der Waals surface area contributed by atoms with Gasteiger partial charge < -0.3 is 24.8 Å². The highest BCUT2D eigenvalue weighted by molar-refractivity contribution is 5.79. The molecule has 0 spiro atoms. The minimum atomic E-state index is 0.117. The molecule has 1 atom stereocenters. The third-order valence-corrected chi connectivity index (χ3v) is 5.62. The molecule has 2 N–H and O–H groups in total. The van der Waals surface area contributed by atoms with Crippen molar-refractivity contribution in [3.63, 3.8) is 0 Å². The minimum Gasteiger partial charge on any atom is -0.492 e. The van der Waals surface area contributed by atoms with Crippen molar-refractivity contribution in [1.82, 2.24) is 15.5 Å². The Bertz CT molecular complexity index is 842. The van der Waals surface area contributed by atoms with Crippen LogP contribution in [0.3, 0.4) is 0 Å². The molecule has 1 fully saturated rings. The van der Waals surface area contributed by atoms with Crippen LogP contribution in [0.2, 0.25) is 0 Å². The third kappa shape index (κ3) is 6.12. The molecule has 0 amide bonds. The van der Waals surface area contributed by atoms with E-state index in [1.165, 1.54) is 5.56 Å². The van der Waals surface area contributed by atoms with E-state index in [0.717, 1.165) is 62.3 Å². The smallest absolute Gasteiger partial charge is 0.191 e. The van der Waals surface area contributed by atoms with Crippen LogP contribution >= 0.6 is 0 Å². The fourth-order valence-electron chi connectivity index (χ4n) is 3.88. The predicted molar refractivity (Wildman–Crippen MR) is 122 cm³/mol. The molecule has 7 heteroatoms. The first-order valence-corrected chi connectivity index (χ1v) is 11.0. The highest BCUT2D eigenvalue weighted by Gasteiger charge is 2.22. The molecule has 0 aromatic heterocycles. The van der Waals surface area contributed by atoms with Crippen LogP contribution in [-0.4, -0.2) is 70.0 Å². The van der Waals surface area contributed by atoms with Gasteiger partial charge in [0.15, 0.2) is 5.96 Å². The van der Waals surface area contributed by atoms with Crippen molar-refractivity contribution in [1.29, 1.82) is 0 Å². The van der Waals surface area contributed by atoms with Crippen molar-refractivity contribution in [2.75, 3.05) is 53.0 Å². The van der Waals surface area contributed by atoms with Crippen molar-refractivity contribution in [2.24, 2.45) is 4.99 Å². The lowest BCUT2D eigenvalue weighted by Crippen LogP contribution is -2.42. The minimum absolute atomic E-state index is 0.117. The van der Waals surface area contributed by atoms with Crippen LogP contribution in [-0.2, 0) is 17.7 Å². The Kier molecular flexibility index (Phi) is 7.63. The summed E-state index contributed by atoms with van der Waals surface area (Å²) in [4.78, 5) is 6.72. The SMILES string of the molecule is CN=C(NCc1ccccc1OCCN1CCOCC1)NCC1Cc2ccccc2O1. The lowest BCUT2D eigenvalue weighted by atomic mass is 10.1. The number of fused-ring (bicyclic) bond motifs is 1. The number of rotatable bonds is 8. The van der Waals surface area contributed by atoms with Crippen LogP contribution in [0, 0.1) is 0 Å². The van der Waals surface area contributed by atoms with Gasteiger partial charge in [-0.2, -0.15) is 0 Å².